The van der Waals surface area contributed by atoms with E-state index >= 15 is 0 Å². The summed E-state index contributed by atoms with van der Waals surface area (Å²) in [6, 6.07) is 16.3. The Balaban J connectivity index is 1.74. The molecule has 2 N–H and O–H groups in total. The summed E-state index contributed by atoms with van der Waals surface area (Å²) in [5.74, 6) is 1.22. The lowest BCUT2D eigenvalue weighted by Crippen LogP contribution is -2.21. The van der Waals surface area contributed by atoms with E-state index in [1.807, 2.05) is 42.5 Å². The van der Waals surface area contributed by atoms with Gasteiger partial charge in [-0.1, -0.05) is 30.3 Å². The zero-order valence-electron chi connectivity index (χ0n) is 15.3. The molecule has 3 rings (SSSR count). The number of nitrogens with one attached hydrogen (secondary N) is 2. The number of para-hydroxylation sites is 3. The number of carbonyl (C=O) groups is 1. The van der Waals surface area contributed by atoms with Gasteiger partial charge in [0.15, 0.2) is 0 Å². The second-order valence-corrected chi connectivity index (χ2v) is 5.75. The van der Waals surface area contributed by atoms with Crippen LogP contribution in [-0.2, 0) is 0 Å². The van der Waals surface area contributed by atoms with Gasteiger partial charge in [-0.2, -0.15) is 9.97 Å². The first kappa shape index (κ1) is 18.2. The van der Waals surface area contributed by atoms with E-state index in [1.165, 1.54) is 0 Å². The van der Waals surface area contributed by atoms with Crippen molar-refractivity contribution in [2.24, 2.45) is 0 Å². The molecule has 0 aliphatic heterocycles. The smallest absolute Gasteiger partial charge is 0.323 e. The number of urea groups is 1. The van der Waals surface area contributed by atoms with Gasteiger partial charge in [0.2, 0.25) is 0 Å². The SMILES string of the molecule is COc1ccccc1NC(=O)Nc1c(C)nc(Oc2ccccc2)nc1C. The molecule has 0 spiro atoms. The van der Waals surface area contributed by atoms with Crippen LogP contribution in [-0.4, -0.2) is 23.1 Å². The molecule has 3 aromatic rings. The largest absolute Gasteiger partial charge is 0.495 e. The van der Waals surface area contributed by atoms with Crippen molar-refractivity contribution >= 4 is 17.4 Å². The number of methoxy groups -OCH3 is 1. The highest BCUT2D eigenvalue weighted by Crippen LogP contribution is 2.25. The Morgan fingerprint density at radius 1 is 0.889 bits per heavy atom. The maximum Gasteiger partial charge on any atom is 0.323 e. The van der Waals surface area contributed by atoms with E-state index in [9.17, 15) is 4.79 Å². The normalized spacial score (nSPS) is 10.2. The third-order valence-electron chi connectivity index (χ3n) is 3.80. The second kappa shape index (κ2) is 8.18. The molecular formula is C20H20N4O3. The number of anilines is 2. The molecule has 1 aromatic heterocycles. The van der Waals surface area contributed by atoms with Crippen LogP contribution in [0, 0.1) is 13.8 Å². The van der Waals surface area contributed by atoms with Gasteiger partial charge < -0.3 is 20.1 Å². The summed E-state index contributed by atoms with van der Waals surface area (Å²) in [6.45, 7) is 3.57. The van der Waals surface area contributed by atoms with E-state index in [4.69, 9.17) is 9.47 Å². The van der Waals surface area contributed by atoms with Crippen LogP contribution in [0.1, 0.15) is 11.4 Å². The first-order valence-corrected chi connectivity index (χ1v) is 8.36. The summed E-state index contributed by atoms with van der Waals surface area (Å²) in [5.41, 5.74) is 2.30. The van der Waals surface area contributed by atoms with Gasteiger partial charge in [-0.15, -0.1) is 0 Å². The Morgan fingerprint density at radius 2 is 1.52 bits per heavy atom. The van der Waals surface area contributed by atoms with Crippen molar-refractivity contribution in [2.75, 3.05) is 17.7 Å². The summed E-state index contributed by atoms with van der Waals surface area (Å²) in [6.07, 6.45) is 0. The lowest BCUT2D eigenvalue weighted by molar-refractivity contribution is 0.262. The van der Waals surface area contributed by atoms with Gasteiger partial charge >= 0.3 is 12.0 Å². The molecule has 0 bridgehead atoms. The fraction of sp³-hybridized carbons (Fsp3) is 0.150. The van der Waals surface area contributed by atoms with Gasteiger partial charge in [0.1, 0.15) is 11.5 Å². The average molecular weight is 364 g/mol. The van der Waals surface area contributed by atoms with Crippen LogP contribution in [0.2, 0.25) is 0 Å². The quantitative estimate of drug-likeness (QED) is 0.694. The van der Waals surface area contributed by atoms with Gasteiger partial charge in [0.25, 0.3) is 0 Å². The van der Waals surface area contributed by atoms with Gasteiger partial charge in [-0.25, -0.2) is 4.79 Å². The molecule has 2 aromatic carbocycles. The Hall–Kier alpha value is -3.61. The van der Waals surface area contributed by atoms with Crippen molar-refractivity contribution in [1.82, 2.24) is 9.97 Å². The molecule has 0 atom stereocenters. The minimum absolute atomic E-state index is 0.229. The molecule has 138 valence electrons. The lowest BCUT2D eigenvalue weighted by atomic mass is 10.3. The number of ether oxygens (including phenoxy) is 2. The van der Waals surface area contributed by atoms with Crippen molar-refractivity contribution in [3.63, 3.8) is 0 Å². The van der Waals surface area contributed by atoms with Crippen LogP contribution in [0.25, 0.3) is 0 Å². The van der Waals surface area contributed by atoms with E-state index in [0.717, 1.165) is 0 Å². The molecular weight excluding hydrogens is 344 g/mol. The van der Waals surface area contributed by atoms with Crippen molar-refractivity contribution < 1.29 is 14.3 Å². The number of nitrogens with zero attached hydrogens (tertiary/aromatic N) is 2. The van der Waals surface area contributed by atoms with Gasteiger partial charge in [-0.05, 0) is 38.1 Å². The van der Waals surface area contributed by atoms with Crippen LogP contribution in [0.3, 0.4) is 0 Å². The van der Waals surface area contributed by atoms with E-state index in [0.29, 0.717) is 34.3 Å². The van der Waals surface area contributed by atoms with Crippen LogP contribution in [0.15, 0.2) is 54.6 Å². The predicted octanol–water partition coefficient (Wildman–Crippen LogP) is 4.54. The van der Waals surface area contributed by atoms with E-state index in [2.05, 4.69) is 20.6 Å². The summed E-state index contributed by atoms with van der Waals surface area (Å²) in [7, 11) is 1.55. The minimum Gasteiger partial charge on any atom is -0.495 e. The highest BCUT2D eigenvalue weighted by atomic mass is 16.5. The number of hydrogen-bond donors (Lipinski definition) is 2. The van der Waals surface area contributed by atoms with E-state index in [1.54, 1.807) is 33.1 Å². The summed E-state index contributed by atoms with van der Waals surface area (Å²) >= 11 is 0. The Kier molecular flexibility index (Phi) is 5.51. The molecule has 0 aliphatic rings. The zero-order chi connectivity index (χ0) is 19.2. The van der Waals surface area contributed by atoms with Crippen LogP contribution in [0.5, 0.6) is 17.5 Å². The number of benzene rings is 2. The van der Waals surface area contributed by atoms with Crippen molar-refractivity contribution in [1.29, 1.82) is 0 Å². The lowest BCUT2D eigenvalue weighted by Gasteiger charge is -2.14. The molecule has 0 saturated heterocycles. The minimum atomic E-state index is -0.411. The monoisotopic (exact) mass is 364 g/mol. The molecule has 0 fully saturated rings. The fourth-order valence-corrected chi connectivity index (χ4v) is 2.52. The van der Waals surface area contributed by atoms with E-state index < -0.39 is 6.03 Å². The average Bonchev–Trinajstić information content (AvgIpc) is 2.66. The van der Waals surface area contributed by atoms with Gasteiger partial charge in [-0.3, -0.25) is 0 Å². The van der Waals surface area contributed by atoms with Crippen LogP contribution in [0.4, 0.5) is 16.2 Å². The molecule has 27 heavy (non-hydrogen) atoms. The van der Waals surface area contributed by atoms with Gasteiger partial charge in [0.05, 0.1) is 29.9 Å². The standard InChI is InChI=1S/C20H20N4O3/c1-13-18(24-19(25)23-16-11-7-8-12-17(16)26-3)14(2)22-20(21-13)27-15-9-5-4-6-10-15/h4-12H,1-3H3,(H2,23,24,25). The van der Waals surface area contributed by atoms with Crippen LogP contribution < -0.4 is 20.1 Å². The molecule has 2 amide bonds. The fourth-order valence-electron chi connectivity index (χ4n) is 2.52. The van der Waals surface area contributed by atoms with Crippen molar-refractivity contribution in [3.05, 3.63) is 66.0 Å². The third-order valence-corrected chi connectivity index (χ3v) is 3.80. The Labute approximate surface area is 157 Å². The summed E-state index contributed by atoms with van der Waals surface area (Å²) in [4.78, 5) is 21.0. The molecule has 0 unspecified atom stereocenters. The maximum atomic E-state index is 12.4. The van der Waals surface area contributed by atoms with E-state index in [-0.39, 0.29) is 6.01 Å². The number of hydrogen-bond acceptors (Lipinski definition) is 5. The molecule has 0 aliphatic carbocycles. The molecule has 0 radical (unpaired) electrons. The number of aryl methyl sites for hydroxylation is 2. The zero-order valence-corrected chi connectivity index (χ0v) is 15.3. The number of rotatable bonds is 5. The Morgan fingerprint density at radius 3 is 2.19 bits per heavy atom. The highest BCUT2D eigenvalue weighted by Gasteiger charge is 2.14. The van der Waals surface area contributed by atoms with Crippen LogP contribution >= 0.6 is 0 Å². The molecule has 7 heteroatoms. The number of amides is 2. The topological polar surface area (TPSA) is 85.4 Å². The van der Waals surface area contributed by atoms with Crippen molar-refractivity contribution in [2.45, 2.75) is 13.8 Å². The second-order valence-electron chi connectivity index (χ2n) is 5.75. The molecule has 0 saturated carbocycles. The third kappa shape index (κ3) is 4.52. The number of aromatic nitrogens is 2. The Bertz CT molecular complexity index is 922. The van der Waals surface area contributed by atoms with Gasteiger partial charge in [0, 0.05) is 0 Å². The van der Waals surface area contributed by atoms with Crippen molar-refractivity contribution in [3.8, 4) is 17.5 Å². The highest BCUT2D eigenvalue weighted by molar-refractivity contribution is 6.01. The summed E-state index contributed by atoms with van der Waals surface area (Å²) < 4.78 is 10.9. The number of carbonyl (C=O) groups excluding carboxylic acids is 1. The molecule has 1 heterocycles. The summed E-state index contributed by atoms with van der Waals surface area (Å²) in [5, 5.41) is 5.54. The molecule has 7 nitrogen and oxygen atoms in total. The predicted molar refractivity (Wildman–Crippen MR) is 104 cm³/mol. The first-order valence-electron chi connectivity index (χ1n) is 8.36. The first-order chi connectivity index (χ1) is 13.1. The maximum absolute atomic E-state index is 12.4.